The van der Waals surface area contributed by atoms with Gasteiger partial charge in [-0.1, -0.05) is 0 Å². The molecule has 2 N–H and O–H groups in total. The summed E-state index contributed by atoms with van der Waals surface area (Å²) in [5, 5.41) is 13.4. The van der Waals surface area contributed by atoms with Crippen LogP contribution in [0, 0.1) is 0 Å². The van der Waals surface area contributed by atoms with E-state index in [1.165, 1.54) is 6.92 Å². The first kappa shape index (κ1) is 19.7. The van der Waals surface area contributed by atoms with Crippen molar-refractivity contribution in [1.82, 2.24) is 20.0 Å². The number of carbonyl (C=O) groups is 3. The maximum Gasteiger partial charge on any atom is 0.242 e. The predicted octanol–water partition coefficient (Wildman–Crippen LogP) is -0.973. The van der Waals surface area contributed by atoms with Crippen molar-refractivity contribution in [2.75, 3.05) is 39.8 Å². The van der Waals surface area contributed by atoms with Crippen LogP contribution in [0.1, 0.15) is 33.1 Å². The second-order valence-electron chi connectivity index (χ2n) is 7.01. The minimum atomic E-state index is -0.621. The molecular weight excluding hydrogens is 324 g/mol. The van der Waals surface area contributed by atoms with Crippen LogP contribution in [0.3, 0.4) is 0 Å². The molecule has 3 atom stereocenters. The fourth-order valence-electron chi connectivity index (χ4n) is 3.83. The van der Waals surface area contributed by atoms with Gasteiger partial charge in [0, 0.05) is 53.1 Å². The number of aliphatic hydroxyl groups is 1. The normalized spacial score (nSPS) is 27.7. The molecule has 2 aliphatic rings. The number of amides is 3. The van der Waals surface area contributed by atoms with Crippen LogP contribution >= 0.6 is 0 Å². The average Bonchev–Trinajstić information content (AvgIpc) is 2.59. The lowest BCUT2D eigenvalue weighted by atomic mass is 9.86. The fourth-order valence-corrected chi connectivity index (χ4v) is 3.83. The van der Waals surface area contributed by atoms with Crippen LogP contribution in [0.15, 0.2) is 0 Å². The number of nitrogens with zero attached hydrogens (tertiary/aromatic N) is 3. The highest BCUT2D eigenvalue weighted by molar-refractivity contribution is 5.83. The van der Waals surface area contributed by atoms with E-state index in [0.717, 1.165) is 32.4 Å². The summed E-state index contributed by atoms with van der Waals surface area (Å²) in [4.78, 5) is 40.3. The Balaban J connectivity index is 1.93. The molecule has 2 rings (SSSR count). The van der Waals surface area contributed by atoms with Crippen molar-refractivity contribution in [1.29, 1.82) is 0 Å². The van der Waals surface area contributed by atoms with Gasteiger partial charge in [0.2, 0.25) is 17.7 Å². The molecule has 8 heteroatoms. The quantitative estimate of drug-likeness (QED) is 0.677. The summed E-state index contributed by atoms with van der Waals surface area (Å²) in [5.41, 5.74) is 0. The number of piperazine rings is 1. The summed E-state index contributed by atoms with van der Waals surface area (Å²) in [6.07, 6.45) is 1.97. The Morgan fingerprint density at radius 3 is 2.32 bits per heavy atom. The maximum absolute atomic E-state index is 12.2. The summed E-state index contributed by atoms with van der Waals surface area (Å²) in [5.74, 6) is -0.349. The lowest BCUT2D eigenvalue weighted by Crippen LogP contribution is -2.61. The van der Waals surface area contributed by atoms with E-state index >= 15 is 0 Å². The molecule has 0 aromatic carbocycles. The molecule has 1 saturated carbocycles. The van der Waals surface area contributed by atoms with Gasteiger partial charge in [-0.25, -0.2) is 0 Å². The smallest absolute Gasteiger partial charge is 0.242 e. The van der Waals surface area contributed by atoms with Crippen molar-refractivity contribution in [2.45, 2.75) is 51.3 Å². The van der Waals surface area contributed by atoms with Crippen molar-refractivity contribution in [3.63, 3.8) is 0 Å². The van der Waals surface area contributed by atoms with Gasteiger partial charge in [0.1, 0.15) is 0 Å². The van der Waals surface area contributed by atoms with Crippen LogP contribution in [0.4, 0.5) is 0 Å². The van der Waals surface area contributed by atoms with E-state index in [9.17, 15) is 19.5 Å². The molecule has 142 valence electrons. The molecule has 2 fully saturated rings. The molecule has 0 radical (unpaired) electrons. The van der Waals surface area contributed by atoms with E-state index in [1.807, 2.05) is 4.90 Å². The average molecular weight is 354 g/mol. The van der Waals surface area contributed by atoms with Crippen molar-refractivity contribution < 1.29 is 19.5 Å². The Morgan fingerprint density at radius 2 is 1.76 bits per heavy atom. The Kier molecular flexibility index (Phi) is 6.78. The van der Waals surface area contributed by atoms with E-state index in [2.05, 4.69) is 10.2 Å². The standard InChI is InChI=1S/C17H30N4O4/c1-12(22)18-11-16(24)19(3)14-5-4-6-15(17(14)25)21-9-7-20(8-10-21)13(2)23/h14-15,17,25H,4-11H2,1-3H3,(H,18,22)/t14-,15-,17-/m1/s1. The van der Waals surface area contributed by atoms with Crippen LogP contribution < -0.4 is 5.32 Å². The molecule has 8 nitrogen and oxygen atoms in total. The molecule has 1 aliphatic heterocycles. The molecule has 0 bridgehead atoms. The van der Waals surface area contributed by atoms with E-state index in [0.29, 0.717) is 13.1 Å². The van der Waals surface area contributed by atoms with Gasteiger partial charge in [-0.2, -0.15) is 0 Å². The van der Waals surface area contributed by atoms with Gasteiger partial charge >= 0.3 is 0 Å². The molecular formula is C17H30N4O4. The predicted molar refractivity (Wildman–Crippen MR) is 92.7 cm³/mol. The number of carbonyl (C=O) groups excluding carboxylic acids is 3. The van der Waals surface area contributed by atoms with Gasteiger partial charge in [0.15, 0.2) is 0 Å². The topological polar surface area (TPSA) is 93.2 Å². The Hall–Kier alpha value is -1.67. The maximum atomic E-state index is 12.2. The van der Waals surface area contributed by atoms with Crippen molar-refractivity contribution in [3.8, 4) is 0 Å². The van der Waals surface area contributed by atoms with E-state index in [4.69, 9.17) is 0 Å². The summed E-state index contributed by atoms with van der Waals surface area (Å²) in [6.45, 7) is 5.77. The fraction of sp³-hybridized carbons (Fsp3) is 0.824. The minimum absolute atomic E-state index is 0.00359. The molecule has 0 aromatic rings. The third-order valence-corrected chi connectivity index (χ3v) is 5.40. The van der Waals surface area contributed by atoms with Crippen molar-refractivity contribution >= 4 is 17.7 Å². The minimum Gasteiger partial charge on any atom is -0.389 e. The number of likely N-dealkylation sites (N-methyl/N-ethyl adjacent to an activating group) is 1. The second-order valence-corrected chi connectivity index (χ2v) is 7.01. The molecule has 1 heterocycles. The van der Waals surface area contributed by atoms with Gasteiger partial charge < -0.3 is 20.2 Å². The Morgan fingerprint density at radius 1 is 1.12 bits per heavy atom. The number of nitrogens with one attached hydrogen (secondary N) is 1. The SMILES string of the molecule is CC(=O)NCC(=O)N(C)[C@@H]1CCC[C@@H](N2CCN(C(C)=O)CC2)[C@@H]1O. The highest BCUT2D eigenvalue weighted by Gasteiger charge is 2.39. The van der Waals surface area contributed by atoms with Crippen LogP contribution in [-0.2, 0) is 14.4 Å². The second kappa shape index (κ2) is 8.62. The molecule has 25 heavy (non-hydrogen) atoms. The summed E-state index contributed by atoms with van der Waals surface area (Å²) in [7, 11) is 1.69. The highest BCUT2D eigenvalue weighted by Crippen LogP contribution is 2.27. The third-order valence-electron chi connectivity index (χ3n) is 5.40. The first-order valence-electron chi connectivity index (χ1n) is 8.99. The lowest BCUT2D eigenvalue weighted by Gasteiger charge is -2.46. The van der Waals surface area contributed by atoms with Crippen molar-refractivity contribution in [2.24, 2.45) is 0 Å². The number of hydrogen-bond donors (Lipinski definition) is 2. The van der Waals surface area contributed by atoms with E-state index < -0.39 is 6.10 Å². The molecule has 1 aliphatic carbocycles. The van der Waals surface area contributed by atoms with Crippen LogP contribution in [0.5, 0.6) is 0 Å². The summed E-state index contributed by atoms with van der Waals surface area (Å²) < 4.78 is 0. The molecule has 0 aromatic heterocycles. The van der Waals surface area contributed by atoms with Gasteiger partial charge in [-0.15, -0.1) is 0 Å². The van der Waals surface area contributed by atoms with Crippen LogP contribution in [0.2, 0.25) is 0 Å². The van der Waals surface area contributed by atoms with E-state index in [-0.39, 0.29) is 36.3 Å². The van der Waals surface area contributed by atoms with Gasteiger partial charge in [0.05, 0.1) is 18.7 Å². The largest absolute Gasteiger partial charge is 0.389 e. The first-order valence-corrected chi connectivity index (χ1v) is 8.99. The number of rotatable bonds is 4. The van der Waals surface area contributed by atoms with Gasteiger partial charge in [-0.3, -0.25) is 19.3 Å². The first-order chi connectivity index (χ1) is 11.8. The zero-order chi connectivity index (χ0) is 18.6. The lowest BCUT2D eigenvalue weighted by molar-refractivity contribution is -0.139. The number of hydrogen-bond acceptors (Lipinski definition) is 5. The Labute approximate surface area is 149 Å². The molecule has 1 saturated heterocycles. The van der Waals surface area contributed by atoms with Crippen LogP contribution in [-0.4, -0.2) is 95.5 Å². The molecule has 3 amide bonds. The molecule has 0 spiro atoms. The van der Waals surface area contributed by atoms with Crippen LogP contribution in [0.25, 0.3) is 0 Å². The van der Waals surface area contributed by atoms with Crippen molar-refractivity contribution in [3.05, 3.63) is 0 Å². The summed E-state index contributed by atoms with van der Waals surface area (Å²) >= 11 is 0. The highest BCUT2D eigenvalue weighted by atomic mass is 16.3. The van der Waals surface area contributed by atoms with E-state index in [1.54, 1.807) is 18.9 Å². The van der Waals surface area contributed by atoms with Gasteiger partial charge in [0.25, 0.3) is 0 Å². The number of aliphatic hydroxyl groups excluding tert-OH is 1. The monoisotopic (exact) mass is 354 g/mol. The zero-order valence-electron chi connectivity index (χ0n) is 15.4. The Bertz CT molecular complexity index is 505. The van der Waals surface area contributed by atoms with Gasteiger partial charge in [-0.05, 0) is 19.3 Å². The zero-order valence-corrected chi connectivity index (χ0v) is 15.4. The third kappa shape index (κ3) is 4.92. The summed E-state index contributed by atoms with van der Waals surface area (Å²) in [6, 6.07) is -0.241. The molecule has 0 unspecified atom stereocenters.